The Morgan fingerprint density at radius 1 is 1.50 bits per heavy atom. The van der Waals surface area contributed by atoms with Crippen molar-refractivity contribution in [2.24, 2.45) is 5.92 Å². The molecule has 3 nitrogen and oxygen atoms in total. The Balaban J connectivity index is 2.28. The van der Waals surface area contributed by atoms with E-state index in [4.69, 9.17) is 11.6 Å². The predicted octanol–water partition coefficient (Wildman–Crippen LogP) is 2.07. The van der Waals surface area contributed by atoms with Crippen molar-refractivity contribution in [3.05, 3.63) is 34.9 Å². The van der Waals surface area contributed by atoms with E-state index in [1.54, 1.807) is 6.07 Å². The van der Waals surface area contributed by atoms with Gasteiger partial charge in [-0.2, -0.15) is 0 Å². The first-order chi connectivity index (χ1) is 7.58. The van der Waals surface area contributed by atoms with Crippen molar-refractivity contribution in [3.63, 3.8) is 0 Å². The van der Waals surface area contributed by atoms with Crippen molar-refractivity contribution >= 4 is 17.6 Å². The van der Waals surface area contributed by atoms with Gasteiger partial charge >= 0.3 is 5.97 Å². The van der Waals surface area contributed by atoms with Crippen LogP contribution in [0.25, 0.3) is 0 Å². The quantitative estimate of drug-likeness (QED) is 0.859. The van der Waals surface area contributed by atoms with Crippen molar-refractivity contribution in [2.45, 2.75) is 5.92 Å². The van der Waals surface area contributed by atoms with Crippen LogP contribution in [0.3, 0.4) is 0 Å². The van der Waals surface area contributed by atoms with Gasteiger partial charge in [-0.05, 0) is 24.7 Å². The summed E-state index contributed by atoms with van der Waals surface area (Å²) < 4.78 is 0. The average Bonchev–Trinajstić information content (AvgIpc) is 2.60. The molecule has 2 unspecified atom stereocenters. The maximum Gasteiger partial charge on any atom is 0.308 e. The van der Waals surface area contributed by atoms with Gasteiger partial charge in [0.2, 0.25) is 0 Å². The van der Waals surface area contributed by atoms with Gasteiger partial charge in [0.05, 0.1) is 5.92 Å². The second-order valence-corrected chi connectivity index (χ2v) is 4.76. The Bertz CT molecular complexity index is 408. The van der Waals surface area contributed by atoms with Gasteiger partial charge in [-0.15, -0.1) is 0 Å². The lowest BCUT2D eigenvalue weighted by Gasteiger charge is -2.15. The number of likely N-dealkylation sites (N-methyl/N-ethyl adjacent to an activating group) is 1. The minimum atomic E-state index is -0.727. The fraction of sp³-hybridized carbons (Fsp3) is 0.417. The van der Waals surface area contributed by atoms with E-state index in [2.05, 4.69) is 0 Å². The van der Waals surface area contributed by atoms with Gasteiger partial charge < -0.3 is 10.0 Å². The van der Waals surface area contributed by atoms with Gasteiger partial charge in [-0.1, -0.05) is 23.7 Å². The number of rotatable bonds is 2. The van der Waals surface area contributed by atoms with Crippen LogP contribution < -0.4 is 0 Å². The lowest BCUT2D eigenvalue weighted by Crippen LogP contribution is -2.21. The van der Waals surface area contributed by atoms with Gasteiger partial charge in [-0.3, -0.25) is 4.79 Å². The second kappa shape index (κ2) is 4.44. The standard InChI is InChI=1S/C12H14ClNO2/c1-14-6-10(11(7-14)12(15)16)8-3-2-4-9(13)5-8/h2-5,10-11H,6-7H2,1H3,(H,15,16). The van der Waals surface area contributed by atoms with Crippen molar-refractivity contribution < 1.29 is 9.90 Å². The Morgan fingerprint density at radius 3 is 2.88 bits per heavy atom. The summed E-state index contributed by atoms with van der Waals surface area (Å²) in [6.07, 6.45) is 0. The summed E-state index contributed by atoms with van der Waals surface area (Å²) in [5.41, 5.74) is 1.02. The third kappa shape index (κ3) is 2.20. The Hall–Kier alpha value is -1.06. The van der Waals surface area contributed by atoms with Crippen LogP contribution in [0.2, 0.25) is 5.02 Å². The maximum absolute atomic E-state index is 11.2. The average molecular weight is 240 g/mol. The number of aliphatic carboxylic acids is 1. The molecule has 16 heavy (non-hydrogen) atoms. The molecule has 0 radical (unpaired) electrons. The number of likely N-dealkylation sites (tertiary alicyclic amines) is 1. The number of benzene rings is 1. The molecular formula is C12H14ClNO2. The summed E-state index contributed by atoms with van der Waals surface area (Å²) in [7, 11) is 1.94. The van der Waals surface area contributed by atoms with Crippen LogP contribution in [0.15, 0.2) is 24.3 Å². The van der Waals surface area contributed by atoms with Crippen molar-refractivity contribution in [2.75, 3.05) is 20.1 Å². The van der Waals surface area contributed by atoms with Gasteiger partial charge in [-0.25, -0.2) is 0 Å². The molecule has 0 amide bonds. The minimum absolute atomic E-state index is 0.0428. The lowest BCUT2D eigenvalue weighted by atomic mass is 9.89. The molecule has 2 atom stereocenters. The normalized spacial score (nSPS) is 25.9. The van der Waals surface area contributed by atoms with E-state index in [1.807, 2.05) is 30.1 Å². The fourth-order valence-electron chi connectivity index (χ4n) is 2.33. The van der Waals surface area contributed by atoms with E-state index in [-0.39, 0.29) is 11.8 Å². The maximum atomic E-state index is 11.2. The van der Waals surface area contributed by atoms with Crippen LogP contribution in [-0.2, 0) is 4.79 Å². The molecule has 0 saturated carbocycles. The van der Waals surface area contributed by atoms with Crippen molar-refractivity contribution in [1.29, 1.82) is 0 Å². The number of nitrogens with zero attached hydrogens (tertiary/aromatic N) is 1. The van der Waals surface area contributed by atoms with Crippen LogP contribution in [-0.4, -0.2) is 36.1 Å². The van der Waals surface area contributed by atoms with Gasteiger partial charge in [0.15, 0.2) is 0 Å². The smallest absolute Gasteiger partial charge is 0.308 e. The van der Waals surface area contributed by atoms with E-state index < -0.39 is 5.97 Å². The molecule has 2 rings (SSSR count). The van der Waals surface area contributed by atoms with Crippen molar-refractivity contribution in [3.8, 4) is 0 Å². The SMILES string of the molecule is CN1CC(C(=O)O)C(c2cccc(Cl)c2)C1. The molecule has 86 valence electrons. The van der Waals surface area contributed by atoms with E-state index in [0.29, 0.717) is 11.6 Å². The zero-order valence-corrected chi connectivity index (χ0v) is 9.81. The van der Waals surface area contributed by atoms with Crippen molar-refractivity contribution in [1.82, 2.24) is 4.90 Å². The highest BCUT2D eigenvalue weighted by Gasteiger charge is 2.36. The zero-order valence-electron chi connectivity index (χ0n) is 9.06. The first kappa shape index (κ1) is 11.4. The molecule has 1 aromatic carbocycles. The van der Waals surface area contributed by atoms with E-state index >= 15 is 0 Å². The predicted molar refractivity (Wildman–Crippen MR) is 62.8 cm³/mol. The summed E-state index contributed by atoms with van der Waals surface area (Å²) >= 11 is 5.93. The summed E-state index contributed by atoms with van der Waals surface area (Å²) in [6, 6.07) is 7.49. The molecule has 1 aromatic rings. The molecule has 0 bridgehead atoms. The molecule has 1 aliphatic heterocycles. The first-order valence-electron chi connectivity index (χ1n) is 5.24. The summed E-state index contributed by atoms with van der Waals surface area (Å²) in [6.45, 7) is 1.38. The molecule has 4 heteroatoms. The van der Waals surface area contributed by atoms with Gasteiger partial charge in [0.1, 0.15) is 0 Å². The molecule has 1 aliphatic rings. The fourth-order valence-corrected chi connectivity index (χ4v) is 2.52. The Labute approximate surface area is 99.6 Å². The molecule has 0 aromatic heterocycles. The number of carbonyl (C=O) groups is 1. The van der Waals surface area contributed by atoms with E-state index in [1.165, 1.54) is 0 Å². The van der Waals surface area contributed by atoms with Crippen LogP contribution in [0.1, 0.15) is 11.5 Å². The number of carboxylic acids is 1. The van der Waals surface area contributed by atoms with Gasteiger partial charge in [0, 0.05) is 24.0 Å². The molecule has 1 N–H and O–H groups in total. The topological polar surface area (TPSA) is 40.5 Å². The van der Waals surface area contributed by atoms with Crippen LogP contribution in [0, 0.1) is 5.92 Å². The third-order valence-corrected chi connectivity index (χ3v) is 3.33. The second-order valence-electron chi connectivity index (χ2n) is 4.33. The summed E-state index contributed by atoms with van der Waals surface area (Å²) in [5.74, 6) is -1.01. The number of hydrogen-bond donors (Lipinski definition) is 1. The summed E-state index contributed by atoms with van der Waals surface area (Å²) in [4.78, 5) is 13.2. The van der Waals surface area contributed by atoms with Gasteiger partial charge in [0.25, 0.3) is 0 Å². The zero-order chi connectivity index (χ0) is 11.7. The van der Waals surface area contributed by atoms with E-state index in [9.17, 15) is 9.90 Å². The van der Waals surface area contributed by atoms with Crippen LogP contribution in [0.4, 0.5) is 0 Å². The molecule has 1 saturated heterocycles. The summed E-state index contributed by atoms with van der Waals surface area (Å²) in [5, 5.41) is 9.84. The molecule has 1 fully saturated rings. The number of carboxylic acid groups (broad SMARTS) is 1. The highest BCUT2D eigenvalue weighted by molar-refractivity contribution is 6.30. The third-order valence-electron chi connectivity index (χ3n) is 3.10. The molecule has 0 aliphatic carbocycles. The first-order valence-corrected chi connectivity index (χ1v) is 5.62. The highest BCUT2D eigenvalue weighted by Crippen LogP contribution is 2.33. The number of halogens is 1. The highest BCUT2D eigenvalue weighted by atomic mass is 35.5. The Kier molecular flexibility index (Phi) is 3.17. The van der Waals surface area contributed by atoms with E-state index in [0.717, 1.165) is 12.1 Å². The Morgan fingerprint density at radius 2 is 2.25 bits per heavy atom. The number of hydrogen-bond acceptors (Lipinski definition) is 2. The molecule has 1 heterocycles. The lowest BCUT2D eigenvalue weighted by molar-refractivity contribution is -0.141. The largest absolute Gasteiger partial charge is 0.481 e. The molecular weight excluding hydrogens is 226 g/mol. The minimum Gasteiger partial charge on any atom is -0.481 e. The molecule has 0 spiro atoms. The monoisotopic (exact) mass is 239 g/mol. The van der Waals surface area contributed by atoms with Crippen LogP contribution >= 0.6 is 11.6 Å². The van der Waals surface area contributed by atoms with Crippen LogP contribution in [0.5, 0.6) is 0 Å².